The maximum Gasteiger partial charge on any atom is 0.124 e. The standard InChI is InChI=1S/C8H14N2O2S/c1-10-4-2-6(9-10)8(12)7(11)3-5-13/h2,4,7-8,11-13H,3,5H2,1H3. The highest BCUT2D eigenvalue weighted by molar-refractivity contribution is 7.80. The van der Waals surface area contributed by atoms with Crippen LogP contribution in [0.5, 0.6) is 0 Å². The predicted octanol–water partition coefficient (Wildman–Crippen LogP) is 0.134. The van der Waals surface area contributed by atoms with Crippen LogP contribution in [0.2, 0.25) is 0 Å². The minimum atomic E-state index is -0.909. The third-order valence-electron chi connectivity index (χ3n) is 1.83. The van der Waals surface area contributed by atoms with Crippen molar-refractivity contribution >= 4 is 12.6 Å². The quantitative estimate of drug-likeness (QED) is 0.608. The number of aliphatic hydroxyl groups is 2. The van der Waals surface area contributed by atoms with Crippen LogP contribution in [0.4, 0.5) is 0 Å². The van der Waals surface area contributed by atoms with Gasteiger partial charge in [0.15, 0.2) is 0 Å². The Hall–Kier alpha value is -0.520. The fourth-order valence-corrected chi connectivity index (χ4v) is 1.34. The molecule has 4 nitrogen and oxygen atoms in total. The lowest BCUT2D eigenvalue weighted by Crippen LogP contribution is -2.19. The largest absolute Gasteiger partial charge is 0.390 e. The molecule has 0 radical (unpaired) electrons. The molecular weight excluding hydrogens is 188 g/mol. The van der Waals surface area contributed by atoms with Gasteiger partial charge in [0.25, 0.3) is 0 Å². The van der Waals surface area contributed by atoms with Crippen LogP contribution >= 0.6 is 12.6 Å². The molecule has 0 amide bonds. The number of nitrogens with zero attached hydrogens (tertiary/aromatic N) is 2. The molecule has 0 saturated heterocycles. The van der Waals surface area contributed by atoms with E-state index in [0.717, 1.165) is 0 Å². The molecule has 1 heterocycles. The number of aliphatic hydroxyl groups excluding tert-OH is 2. The normalized spacial score (nSPS) is 15.7. The monoisotopic (exact) mass is 202 g/mol. The number of thiol groups is 1. The second kappa shape index (κ2) is 4.64. The minimum Gasteiger partial charge on any atom is -0.390 e. The van der Waals surface area contributed by atoms with Gasteiger partial charge < -0.3 is 10.2 Å². The lowest BCUT2D eigenvalue weighted by atomic mass is 10.1. The van der Waals surface area contributed by atoms with Gasteiger partial charge in [-0.25, -0.2) is 0 Å². The van der Waals surface area contributed by atoms with Crippen LogP contribution in [0.15, 0.2) is 12.3 Å². The number of aryl methyl sites for hydroxylation is 1. The van der Waals surface area contributed by atoms with Crippen LogP contribution in [0.3, 0.4) is 0 Å². The topological polar surface area (TPSA) is 58.3 Å². The van der Waals surface area contributed by atoms with E-state index < -0.39 is 12.2 Å². The van der Waals surface area contributed by atoms with Gasteiger partial charge in [-0.05, 0) is 18.2 Å². The predicted molar refractivity (Wildman–Crippen MR) is 52.6 cm³/mol. The fourth-order valence-electron chi connectivity index (χ4n) is 1.08. The Morgan fingerprint density at radius 2 is 2.31 bits per heavy atom. The van der Waals surface area contributed by atoms with Crippen LogP contribution in [-0.2, 0) is 7.05 Å². The number of aromatic nitrogens is 2. The molecule has 0 aromatic carbocycles. The van der Waals surface area contributed by atoms with Gasteiger partial charge in [0.2, 0.25) is 0 Å². The van der Waals surface area contributed by atoms with Gasteiger partial charge in [-0.1, -0.05) is 0 Å². The van der Waals surface area contributed by atoms with Crippen LogP contribution in [0.25, 0.3) is 0 Å². The molecule has 5 heteroatoms. The zero-order chi connectivity index (χ0) is 9.84. The molecule has 0 aliphatic carbocycles. The lowest BCUT2D eigenvalue weighted by Gasteiger charge is -2.14. The third kappa shape index (κ3) is 2.72. The highest BCUT2D eigenvalue weighted by Gasteiger charge is 2.19. The Balaban J connectivity index is 2.61. The van der Waals surface area contributed by atoms with Crippen molar-refractivity contribution in [2.45, 2.75) is 18.6 Å². The molecule has 0 fully saturated rings. The molecule has 13 heavy (non-hydrogen) atoms. The first kappa shape index (κ1) is 10.6. The number of hydrogen-bond donors (Lipinski definition) is 3. The summed E-state index contributed by atoms with van der Waals surface area (Å²) in [4.78, 5) is 0. The van der Waals surface area contributed by atoms with E-state index in [1.165, 1.54) is 0 Å². The molecule has 74 valence electrons. The second-order valence-electron chi connectivity index (χ2n) is 2.94. The van der Waals surface area contributed by atoms with Crippen molar-refractivity contribution in [1.82, 2.24) is 9.78 Å². The summed E-state index contributed by atoms with van der Waals surface area (Å²) < 4.78 is 1.59. The van der Waals surface area contributed by atoms with E-state index >= 15 is 0 Å². The van der Waals surface area contributed by atoms with Crippen molar-refractivity contribution in [3.63, 3.8) is 0 Å². The first-order valence-corrected chi connectivity index (χ1v) is 4.75. The highest BCUT2D eigenvalue weighted by atomic mass is 32.1. The maximum atomic E-state index is 9.57. The van der Waals surface area contributed by atoms with Crippen molar-refractivity contribution in [2.75, 3.05) is 5.75 Å². The van der Waals surface area contributed by atoms with Crippen molar-refractivity contribution in [1.29, 1.82) is 0 Å². The molecule has 0 spiro atoms. The first-order valence-electron chi connectivity index (χ1n) is 4.11. The molecular formula is C8H14N2O2S. The van der Waals surface area contributed by atoms with Gasteiger partial charge >= 0.3 is 0 Å². The van der Waals surface area contributed by atoms with Crippen LogP contribution < -0.4 is 0 Å². The highest BCUT2D eigenvalue weighted by Crippen LogP contribution is 2.16. The Morgan fingerprint density at radius 3 is 2.77 bits per heavy atom. The summed E-state index contributed by atoms with van der Waals surface area (Å²) in [5, 5.41) is 23.0. The summed E-state index contributed by atoms with van der Waals surface area (Å²) in [5.41, 5.74) is 0.497. The molecule has 2 unspecified atom stereocenters. The van der Waals surface area contributed by atoms with Gasteiger partial charge in [-0.2, -0.15) is 17.7 Å². The van der Waals surface area contributed by atoms with Crippen molar-refractivity contribution in [3.8, 4) is 0 Å². The molecule has 0 saturated carbocycles. The van der Waals surface area contributed by atoms with Crippen LogP contribution in [-0.4, -0.2) is 31.9 Å². The van der Waals surface area contributed by atoms with Crippen LogP contribution in [0, 0.1) is 0 Å². The SMILES string of the molecule is Cn1ccc(C(O)C(O)CCS)n1. The van der Waals surface area contributed by atoms with E-state index in [0.29, 0.717) is 17.9 Å². The average Bonchev–Trinajstić information content (AvgIpc) is 2.51. The first-order chi connectivity index (χ1) is 6.15. The number of hydrogen-bond acceptors (Lipinski definition) is 4. The van der Waals surface area contributed by atoms with E-state index in [4.69, 9.17) is 0 Å². The van der Waals surface area contributed by atoms with Gasteiger partial charge in [0.05, 0.1) is 11.8 Å². The Labute approximate surface area is 82.6 Å². The smallest absolute Gasteiger partial charge is 0.124 e. The molecule has 2 atom stereocenters. The van der Waals surface area contributed by atoms with E-state index in [2.05, 4.69) is 17.7 Å². The molecule has 0 aliphatic heterocycles. The van der Waals surface area contributed by atoms with E-state index in [1.54, 1.807) is 24.0 Å². The summed E-state index contributed by atoms with van der Waals surface area (Å²) in [6.45, 7) is 0. The Bertz CT molecular complexity index is 264. The zero-order valence-corrected chi connectivity index (χ0v) is 8.35. The minimum absolute atomic E-state index is 0.459. The summed E-state index contributed by atoms with van der Waals surface area (Å²) in [6.07, 6.45) is 0.494. The van der Waals surface area contributed by atoms with Gasteiger partial charge in [0, 0.05) is 13.2 Å². The van der Waals surface area contributed by atoms with Gasteiger partial charge in [-0.15, -0.1) is 0 Å². The lowest BCUT2D eigenvalue weighted by molar-refractivity contribution is 0.0144. The molecule has 2 N–H and O–H groups in total. The zero-order valence-electron chi connectivity index (χ0n) is 7.46. The van der Waals surface area contributed by atoms with Crippen molar-refractivity contribution in [2.24, 2.45) is 7.05 Å². The van der Waals surface area contributed by atoms with Crippen LogP contribution in [0.1, 0.15) is 18.2 Å². The van der Waals surface area contributed by atoms with E-state index in [9.17, 15) is 10.2 Å². The van der Waals surface area contributed by atoms with Crippen molar-refractivity contribution in [3.05, 3.63) is 18.0 Å². The Kier molecular flexibility index (Phi) is 3.77. The van der Waals surface area contributed by atoms with Crippen molar-refractivity contribution < 1.29 is 10.2 Å². The molecule has 0 bridgehead atoms. The second-order valence-corrected chi connectivity index (χ2v) is 3.39. The Morgan fingerprint density at radius 1 is 1.62 bits per heavy atom. The van der Waals surface area contributed by atoms with E-state index in [-0.39, 0.29) is 0 Å². The fraction of sp³-hybridized carbons (Fsp3) is 0.625. The van der Waals surface area contributed by atoms with E-state index in [1.807, 2.05) is 0 Å². The number of rotatable bonds is 4. The molecule has 1 rings (SSSR count). The van der Waals surface area contributed by atoms with Gasteiger partial charge in [0.1, 0.15) is 6.10 Å². The maximum absolute atomic E-state index is 9.57. The molecule has 1 aromatic heterocycles. The molecule has 0 aliphatic rings. The molecule has 1 aromatic rings. The summed E-state index contributed by atoms with van der Waals surface area (Å²) in [6, 6.07) is 1.69. The van der Waals surface area contributed by atoms with Gasteiger partial charge in [-0.3, -0.25) is 4.68 Å². The average molecular weight is 202 g/mol. The summed E-state index contributed by atoms with van der Waals surface area (Å²) in [7, 11) is 1.77. The summed E-state index contributed by atoms with van der Waals surface area (Å²) in [5.74, 6) is 0.547. The summed E-state index contributed by atoms with van der Waals surface area (Å²) >= 11 is 3.98. The third-order valence-corrected chi connectivity index (χ3v) is 2.08.